The van der Waals surface area contributed by atoms with E-state index in [1.807, 2.05) is 4.57 Å². The summed E-state index contributed by atoms with van der Waals surface area (Å²) < 4.78 is 13.5. The van der Waals surface area contributed by atoms with E-state index in [4.69, 9.17) is 5.11 Å². The monoisotopic (exact) mass is 323 g/mol. The fraction of sp³-hybridized carbons (Fsp3) is 0.250. The Bertz CT molecular complexity index is 739. The number of hydrogen-bond donors (Lipinski definition) is 1. The van der Waals surface area contributed by atoms with Gasteiger partial charge in [-0.05, 0) is 6.08 Å². The molecule has 108 valence electrons. The van der Waals surface area contributed by atoms with Crippen molar-refractivity contribution in [2.75, 3.05) is 5.75 Å². The third-order valence-corrected chi connectivity index (χ3v) is 5.91. The second-order valence-corrected chi connectivity index (χ2v) is 7.18. The van der Waals surface area contributed by atoms with Gasteiger partial charge in [0.2, 0.25) is 0 Å². The first-order valence-electron chi connectivity index (χ1n) is 6.16. The van der Waals surface area contributed by atoms with Crippen molar-refractivity contribution in [3.8, 4) is 0 Å². The molecule has 3 aliphatic rings. The van der Waals surface area contributed by atoms with Crippen LogP contribution in [-0.4, -0.2) is 47.1 Å². The summed E-state index contributed by atoms with van der Waals surface area (Å²) >= 11 is 0.223. The smallest absolute Gasteiger partial charge is 0.353 e. The Kier molecular flexibility index (Phi) is 2.72. The number of amides is 1. The molecule has 3 aliphatic heterocycles. The summed E-state index contributed by atoms with van der Waals surface area (Å²) in [5, 5.41) is 10.7. The van der Waals surface area contributed by atoms with Gasteiger partial charge in [0, 0.05) is 22.8 Å². The van der Waals surface area contributed by atoms with E-state index >= 15 is 0 Å². The highest BCUT2D eigenvalue weighted by Gasteiger charge is 2.49. The van der Waals surface area contributed by atoms with Crippen LogP contribution in [0, 0.1) is 0 Å². The van der Waals surface area contributed by atoms with Gasteiger partial charge in [0.05, 0.1) is 17.8 Å². The zero-order valence-corrected chi connectivity index (χ0v) is 12.2. The number of rotatable bonds is 2. The number of nitrogens with zero attached hydrogens (tertiary/aromatic N) is 3. The normalized spacial score (nSPS) is 28.4. The molecule has 0 radical (unpaired) electrons. The highest BCUT2D eigenvalue weighted by molar-refractivity contribution is 8.03. The predicted molar refractivity (Wildman–Crippen MR) is 75.4 cm³/mol. The molecule has 7 nitrogen and oxygen atoms in total. The summed E-state index contributed by atoms with van der Waals surface area (Å²) in [4.78, 5) is 28.6. The van der Waals surface area contributed by atoms with E-state index in [0.717, 1.165) is 0 Å². The quantitative estimate of drug-likeness (QED) is 0.475. The molecule has 1 aromatic rings. The molecule has 0 bridgehead atoms. The second-order valence-electron chi connectivity index (χ2n) is 4.76. The molecule has 0 spiro atoms. The molecule has 1 N–H and O–H groups in total. The molecule has 4 heterocycles. The number of aryl methyl sites for hydroxylation is 1. The van der Waals surface area contributed by atoms with E-state index in [9.17, 15) is 14.1 Å². The van der Waals surface area contributed by atoms with Gasteiger partial charge in [0.25, 0.3) is 5.91 Å². The van der Waals surface area contributed by atoms with Gasteiger partial charge in [-0.2, -0.15) is 4.98 Å². The number of carbonyl (C=O) groups excluding carboxylic acids is 1. The topological polar surface area (TPSA) is 98.5 Å². The Morgan fingerprint density at radius 3 is 3.14 bits per heavy atom. The van der Waals surface area contributed by atoms with Gasteiger partial charge in [0.1, 0.15) is 16.8 Å². The molecule has 2 atom stereocenters. The lowest BCUT2D eigenvalue weighted by molar-refractivity contribution is -0.141. The van der Waals surface area contributed by atoms with Crippen LogP contribution in [0.2, 0.25) is 0 Å². The maximum atomic E-state index is 12.0. The molecular formula is C12H9N3O4S2. The van der Waals surface area contributed by atoms with Crippen molar-refractivity contribution in [2.24, 2.45) is 0 Å². The van der Waals surface area contributed by atoms with Crippen LogP contribution >= 0.6 is 11.8 Å². The molecule has 21 heavy (non-hydrogen) atoms. The Balaban J connectivity index is 1.61. The zero-order chi connectivity index (χ0) is 14.7. The average molecular weight is 323 g/mol. The van der Waals surface area contributed by atoms with Crippen LogP contribution in [0.15, 0.2) is 28.0 Å². The fourth-order valence-electron chi connectivity index (χ4n) is 2.53. The molecule has 0 aromatic carbocycles. The summed E-state index contributed by atoms with van der Waals surface area (Å²) in [6.07, 6.45) is 3.42. The van der Waals surface area contributed by atoms with Crippen molar-refractivity contribution in [1.82, 2.24) is 14.5 Å². The van der Waals surface area contributed by atoms with Gasteiger partial charge in [0.15, 0.2) is 0 Å². The largest absolute Gasteiger partial charge is 0.609 e. The average Bonchev–Trinajstić information content (AvgIpc) is 3.10. The van der Waals surface area contributed by atoms with Gasteiger partial charge in [-0.3, -0.25) is 14.3 Å². The summed E-state index contributed by atoms with van der Waals surface area (Å²) in [5.41, 5.74) is 1.13. The Labute approximate surface area is 126 Å². The Hall–Kier alpha value is -1.71. The van der Waals surface area contributed by atoms with Gasteiger partial charge in [-0.25, -0.2) is 4.79 Å². The lowest BCUT2D eigenvalue weighted by atomic mass is 10.0. The number of aliphatic carboxylic acids is 1. The van der Waals surface area contributed by atoms with E-state index in [2.05, 4.69) is 4.98 Å². The van der Waals surface area contributed by atoms with Crippen LogP contribution in [0.4, 0.5) is 0 Å². The van der Waals surface area contributed by atoms with Crippen LogP contribution in [0.5, 0.6) is 0 Å². The zero-order valence-electron chi connectivity index (χ0n) is 10.6. The van der Waals surface area contributed by atoms with E-state index < -0.39 is 17.1 Å². The lowest BCUT2D eigenvalue weighted by Gasteiger charge is -2.36. The SMILES string of the molecule is O=C(O)C1=CS[C@H]2/C(=C\c3cn4c(n3)[S+]([O-])CC4)C(=O)N12. The minimum atomic E-state index is -1.10. The van der Waals surface area contributed by atoms with Crippen LogP contribution in [-0.2, 0) is 27.3 Å². The fourth-order valence-corrected chi connectivity index (χ4v) is 4.80. The molecular weight excluding hydrogens is 314 g/mol. The molecule has 0 aliphatic carbocycles. The highest BCUT2D eigenvalue weighted by atomic mass is 32.2. The number of carboxylic acids is 1. The maximum absolute atomic E-state index is 12.0. The first-order chi connectivity index (χ1) is 10.1. The molecule has 4 rings (SSSR count). The Morgan fingerprint density at radius 2 is 2.43 bits per heavy atom. The van der Waals surface area contributed by atoms with E-state index in [1.54, 1.807) is 12.3 Å². The minimum absolute atomic E-state index is 0.0144. The number of hydrogen-bond acceptors (Lipinski definition) is 5. The summed E-state index contributed by atoms with van der Waals surface area (Å²) in [6.45, 7) is 0.668. The van der Waals surface area contributed by atoms with Crippen LogP contribution in [0.3, 0.4) is 0 Å². The molecule has 1 aromatic heterocycles. The third-order valence-electron chi connectivity index (χ3n) is 3.54. The lowest BCUT2D eigenvalue weighted by Crippen LogP contribution is -2.51. The third kappa shape index (κ3) is 1.78. The van der Waals surface area contributed by atoms with Crippen molar-refractivity contribution in [1.29, 1.82) is 0 Å². The van der Waals surface area contributed by atoms with E-state index in [0.29, 0.717) is 28.7 Å². The molecule has 1 amide bonds. The minimum Gasteiger partial charge on any atom is -0.609 e. The molecule has 1 fully saturated rings. The van der Waals surface area contributed by atoms with Crippen molar-refractivity contribution in [3.05, 3.63) is 28.6 Å². The number of thioether (sulfide) groups is 1. The predicted octanol–water partition coefficient (Wildman–Crippen LogP) is 0.229. The van der Waals surface area contributed by atoms with E-state index in [1.165, 1.54) is 22.1 Å². The van der Waals surface area contributed by atoms with Crippen molar-refractivity contribution in [2.45, 2.75) is 17.1 Å². The number of β-lactam (4-membered cyclic amide) rings is 1. The maximum Gasteiger partial charge on any atom is 0.353 e. The molecule has 0 saturated carbocycles. The van der Waals surface area contributed by atoms with Crippen molar-refractivity contribution < 1.29 is 19.2 Å². The van der Waals surface area contributed by atoms with Crippen LogP contribution in [0.25, 0.3) is 6.08 Å². The van der Waals surface area contributed by atoms with Crippen molar-refractivity contribution >= 4 is 40.9 Å². The molecule has 1 unspecified atom stereocenters. The van der Waals surface area contributed by atoms with Gasteiger partial charge >= 0.3 is 11.1 Å². The summed E-state index contributed by atoms with van der Waals surface area (Å²) in [6, 6.07) is 0. The number of carbonyl (C=O) groups is 2. The molecule has 1 saturated heterocycles. The number of aromatic nitrogens is 2. The van der Waals surface area contributed by atoms with Gasteiger partial charge in [-0.1, -0.05) is 0 Å². The highest BCUT2D eigenvalue weighted by Crippen LogP contribution is 2.45. The first-order valence-corrected chi connectivity index (χ1v) is 8.42. The first kappa shape index (κ1) is 13.0. The number of carboxylic acid groups (broad SMARTS) is 1. The summed E-state index contributed by atoms with van der Waals surface area (Å²) in [7, 11) is 0. The number of fused-ring (bicyclic) bond motifs is 2. The van der Waals surface area contributed by atoms with Crippen LogP contribution in [0.1, 0.15) is 5.69 Å². The van der Waals surface area contributed by atoms with Gasteiger partial charge < -0.3 is 9.66 Å². The van der Waals surface area contributed by atoms with Crippen molar-refractivity contribution in [3.63, 3.8) is 0 Å². The Morgan fingerprint density at radius 1 is 1.62 bits per heavy atom. The second kappa shape index (κ2) is 4.39. The summed E-state index contributed by atoms with van der Waals surface area (Å²) in [5.74, 6) is -0.835. The number of imidazole rings is 1. The van der Waals surface area contributed by atoms with Crippen LogP contribution < -0.4 is 0 Å². The standard InChI is InChI=1S/C12H9N3O4S2/c16-9-7(10-15(9)8(5-20-10)11(17)18)3-6-4-14-1-2-21(19)12(14)13-6/h3-5,10H,1-2H2,(H,17,18)/b7-3-/t10-,21?/m0/s1. The molecule has 9 heteroatoms. The van der Waals surface area contributed by atoms with E-state index in [-0.39, 0.29) is 17.0 Å². The van der Waals surface area contributed by atoms with Gasteiger partial charge in [-0.15, -0.1) is 11.8 Å².